The summed E-state index contributed by atoms with van der Waals surface area (Å²) in [6, 6.07) is 12.5. The van der Waals surface area contributed by atoms with Crippen molar-refractivity contribution < 1.29 is 0 Å². The Morgan fingerprint density at radius 2 is 1.97 bits per heavy atom. The van der Waals surface area contributed by atoms with Crippen LogP contribution in [0.2, 0.25) is 5.02 Å². The van der Waals surface area contributed by atoms with Gasteiger partial charge in [-0.25, -0.2) is 9.36 Å². The summed E-state index contributed by atoms with van der Waals surface area (Å²) < 4.78 is 2.83. The zero-order valence-corrected chi connectivity index (χ0v) is 17.9. The fourth-order valence-corrected chi connectivity index (χ4v) is 4.66. The monoisotopic (exact) mass is 447 g/mol. The summed E-state index contributed by atoms with van der Waals surface area (Å²) >= 11 is 7.31. The average molecular weight is 448 g/mol. The topological polar surface area (TPSA) is 104 Å². The van der Waals surface area contributed by atoms with Gasteiger partial charge in [-0.15, -0.1) is 11.3 Å². The van der Waals surface area contributed by atoms with Gasteiger partial charge in [-0.2, -0.15) is 10.5 Å². The standard InChI is InChI=1S/C22H14ClN5O2S/c1-13-7-16(12-26-11-13)28-21(29)20-18(27(22(28)30)6-2-5-24)9-19(31-20)17-8-15(23)4-3-14(17)10-25/h3-4,7-9,11-12H,2,6H2,1H3. The van der Waals surface area contributed by atoms with Crippen LogP contribution in [0.25, 0.3) is 26.3 Å². The molecule has 4 aromatic rings. The van der Waals surface area contributed by atoms with Gasteiger partial charge in [-0.3, -0.25) is 14.3 Å². The molecule has 3 aromatic heterocycles. The Balaban J connectivity index is 2.07. The normalized spacial score (nSPS) is 10.7. The molecule has 0 amide bonds. The molecule has 0 N–H and O–H groups in total. The Morgan fingerprint density at radius 3 is 2.68 bits per heavy atom. The van der Waals surface area contributed by atoms with E-state index in [-0.39, 0.29) is 13.0 Å². The lowest BCUT2D eigenvalue weighted by Gasteiger charge is -2.11. The van der Waals surface area contributed by atoms with Gasteiger partial charge in [0.15, 0.2) is 0 Å². The Morgan fingerprint density at radius 1 is 1.16 bits per heavy atom. The van der Waals surface area contributed by atoms with Crippen molar-refractivity contribution in [1.82, 2.24) is 14.1 Å². The molecule has 0 spiro atoms. The molecule has 0 aliphatic rings. The van der Waals surface area contributed by atoms with Gasteiger partial charge in [0.25, 0.3) is 5.56 Å². The molecule has 31 heavy (non-hydrogen) atoms. The van der Waals surface area contributed by atoms with Crippen molar-refractivity contribution in [2.24, 2.45) is 0 Å². The summed E-state index contributed by atoms with van der Waals surface area (Å²) in [7, 11) is 0. The first-order valence-corrected chi connectivity index (χ1v) is 10.4. The molecule has 0 aliphatic carbocycles. The number of thiophene rings is 1. The molecule has 1 aromatic carbocycles. The van der Waals surface area contributed by atoms with Gasteiger partial charge in [0.05, 0.1) is 41.5 Å². The molecular formula is C22H14ClN5O2S. The van der Waals surface area contributed by atoms with Crippen LogP contribution in [-0.2, 0) is 6.54 Å². The van der Waals surface area contributed by atoms with E-state index in [9.17, 15) is 14.9 Å². The third-order valence-corrected chi connectivity index (χ3v) is 6.14. The third kappa shape index (κ3) is 3.64. The van der Waals surface area contributed by atoms with Gasteiger partial charge in [-0.1, -0.05) is 11.6 Å². The van der Waals surface area contributed by atoms with E-state index >= 15 is 0 Å². The van der Waals surface area contributed by atoms with Crippen LogP contribution in [0.3, 0.4) is 0 Å². The Bertz CT molecular complexity index is 1540. The molecule has 0 atom stereocenters. The number of aromatic nitrogens is 3. The number of hydrogen-bond donors (Lipinski definition) is 0. The number of pyridine rings is 1. The van der Waals surface area contributed by atoms with Crippen molar-refractivity contribution in [2.45, 2.75) is 19.9 Å². The molecule has 4 rings (SSSR count). The molecule has 0 radical (unpaired) electrons. The Labute approximate surface area is 185 Å². The quantitative estimate of drug-likeness (QED) is 0.469. The SMILES string of the molecule is Cc1cncc(-n2c(=O)c3sc(-c4cc(Cl)ccc4C#N)cc3n(CCC#N)c2=O)c1. The Kier molecular flexibility index (Phi) is 5.43. The van der Waals surface area contributed by atoms with Crippen molar-refractivity contribution in [3.63, 3.8) is 0 Å². The highest BCUT2D eigenvalue weighted by molar-refractivity contribution is 7.22. The number of aryl methyl sites for hydroxylation is 2. The fourth-order valence-electron chi connectivity index (χ4n) is 3.36. The largest absolute Gasteiger partial charge is 0.336 e. The molecule has 0 saturated carbocycles. The number of nitriles is 2. The van der Waals surface area contributed by atoms with Crippen LogP contribution in [0.1, 0.15) is 17.5 Å². The zero-order valence-electron chi connectivity index (χ0n) is 16.3. The van der Waals surface area contributed by atoms with E-state index in [0.717, 1.165) is 10.1 Å². The van der Waals surface area contributed by atoms with Gasteiger partial charge < -0.3 is 0 Å². The molecule has 0 aliphatic heterocycles. The predicted octanol–water partition coefficient (Wildman–Crippen LogP) is 4.02. The van der Waals surface area contributed by atoms with E-state index in [2.05, 4.69) is 11.1 Å². The fraction of sp³-hybridized carbons (Fsp3) is 0.136. The maximum atomic E-state index is 13.3. The van der Waals surface area contributed by atoms with E-state index in [4.69, 9.17) is 16.9 Å². The minimum Gasteiger partial charge on any atom is -0.291 e. The zero-order chi connectivity index (χ0) is 22.1. The molecule has 152 valence electrons. The molecule has 0 bridgehead atoms. The van der Waals surface area contributed by atoms with Crippen molar-refractivity contribution >= 4 is 33.2 Å². The second kappa shape index (κ2) is 8.19. The van der Waals surface area contributed by atoms with Gasteiger partial charge in [0, 0.05) is 28.2 Å². The lowest BCUT2D eigenvalue weighted by atomic mass is 10.1. The molecular weight excluding hydrogens is 434 g/mol. The predicted molar refractivity (Wildman–Crippen MR) is 120 cm³/mol. The highest BCUT2D eigenvalue weighted by atomic mass is 35.5. The highest BCUT2D eigenvalue weighted by Gasteiger charge is 2.19. The molecule has 0 fully saturated rings. The number of rotatable bonds is 4. The number of fused-ring (bicyclic) bond motifs is 1. The minimum atomic E-state index is -0.545. The van der Waals surface area contributed by atoms with Crippen LogP contribution in [0.4, 0.5) is 0 Å². The van der Waals surface area contributed by atoms with Crippen LogP contribution in [-0.4, -0.2) is 14.1 Å². The summed E-state index contributed by atoms with van der Waals surface area (Å²) in [5, 5.41) is 19.0. The molecule has 7 nitrogen and oxygen atoms in total. The number of nitrogens with zero attached hydrogens (tertiary/aromatic N) is 5. The maximum absolute atomic E-state index is 13.3. The first kappa shape index (κ1) is 20.5. The van der Waals surface area contributed by atoms with Crippen LogP contribution in [0, 0.1) is 29.6 Å². The van der Waals surface area contributed by atoms with Gasteiger partial charge in [0.2, 0.25) is 0 Å². The van der Waals surface area contributed by atoms with Gasteiger partial charge in [0.1, 0.15) is 4.70 Å². The van der Waals surface area contributed by atoms with E-state index < -0.39 is 11.2 Å². The molecule has 0 saturated heterocycles. The molecule has 9 heteroatoms. The summed E-state index contributed by atoms with van der Waals surface area (Å²) in [5.74, 6) is 0. The van der Waals surface area contributed by atoms with E-state index in [1.54, 1.807) is 36.5 Å². The van der Waals surface area contributed by atoms with Gasteiger partial charge in [-0.05, 0) is 42.8 Å². The van der Waals surface area contributed by atoms with Crippen LogP contribution in [0.15, 0.2) is 52.3 Å². The number of hydrogen-bond acceptors (Lipinski definition) is 6. The number of benzene rings is 1. The first-order valence-electron chi connectivity index (χ1n) is 9.23. The van der Waals surface area contributed by atoms with Crippen LogP contribution in [0.5, 0.6) is 0 Å². The third-order valence-electron chi connectivity index (χ3n) is 4.76. The van der Waals surface area contributed by atoms with Crippen LogP contribution < -0.4 is 11.2 Å². The lowest BCUT2D eigenvalue weighted by molar-refractivity contribution is 0.662. The lowest BCUT2D eigenvalue weighted by Crippen LogP contribution is -2.38. The van der Waals surface area contributed by atoms with E-state index in [1.165, 1.54) is 22.1 Å². The van der Waals surface area contributed by atoms with Crippen LogP contribution >= 0.6 is 22.9 Å². The summed E-state index contributed by atoms with van der Waals surface area (Å²) in [5.41, 5.74) is 1.55. The smallest absolute Gasteiger partial charge is 0.291 e. The summed E-state index contributed by atoms with van der Waals surface area (Å²) in [6.45, 7) is 1.95. The molecule has 0 unspecified atom stereocenters. The van der Waals surface area contributed by atoms with Crippen molar-refractivity contribution in [3.8, 4) is 28.3 Å². The van der Waals surface area contributed by atoms with Crippen molar-refractivity contribution in [3.05, 3.63) is 79.7 Å². The summed E-state index contributed by atoms with van der Waals surface area (Å²) in [6.07, 6.45) is 3.19. The van der Waals surface area contributed by atoms with E-state index in [1.807, 2.05) is 13.0 Å². The number of halogens is 1. The molecule has 3 heterocycles. The van der Waals surface area contributed by atoms with Crippen molar-refractivity contribution in [2.75, 3.05) is 0 Å². The van der Waals surface area contributed by atoms with E-state index in [0.29, 0.717) is 36.9 Å². The Hall–Kier alpha value is -3.72. The second-order valence-electron chi connectivity index (χ2n) is 6.83. The second-order valence-corrected chi connectivity index (χ2v) is 8.32. The highest BCUT2D eigenvalue weighted by Crippen LogP contribution is 2.35. The minimum absolute atomic E-state index is 0.102. The maximum Gasteiger partial charge on any atom is 0.336 e. The first-order chi connectivity index (χ1) is 14.9. The van der Waals surface area contributed by atoms with Crippen molar-refractivity contribution in [1.29, 1.82) is 10.5 Å². The van der Waals surface area contributed by atoms with Gasteiger partial charge >= 0.3 is 5.69 Å². The summed E-state index contributed by atoms with van der Waals surface area (Å²) in [4.78, 5) is 31.3. The average Bonchev–Trinajstić information content (AvgIpc) is 3.19.